The molecule has 2 aromatic carbocycles. The van der Waals surface area contributed by atoms with Crippen molar-refractivity contribution in [2.75, 3.05) is 39.5 Å². The van der Waals surface area contributed by atoms with E-state index in [2.05, 4.69) is 14.8 Å². The van der Waals surface area contributed by atoms with Crippen LogP contribution in [-0.2, 0) is 33.0 Å². The maximum Gasteiger partial charge on any atom is 0.421 e. The van der Waals surface area contributed by atoms with Crippen LogP contribution in [0.4, 0.5) is 13.2 Å². The molecule has 4 rings (SSSR count). The second-order valence-electron chi connectivity index (χ2n) is 10.7. The minimum atomic E-state index is -4.77. The van der Waals surface area contributed by atoms with Crippen LogP contribution in [0.1, 0.15) is 37.0 Å². The summed E-state index contributed by atoms with van der Waals surface area (Å²) in [7, 11) is 0. The number of carbonyl (C=O) groups excluding carboxylic acids is 1. The van der Waals surface area contributed by atoms with Crippen LogP contribution >= 0.6 is 0 Å². The van der Waals surface area contributed by atoms with E-state index < -0.39 is 11.8 Å². The third-order valence-corrected chi connectivity index (χ3v) is 7.61. The molecule has 0 aliphatic carbocycles. The molecule has 10 heteroatoms. The number of alkyl halides is 3. The number of rotatable bonds is 12. The number of halogens is 3. The monoisotopic (exact) mass is 585 g/mol. The summed E-state index contributed by atoms with van der Waals surface area (Å²) in [4.78, 5) is 21.4. The molecule has 0 radical (unpaired) electrons. The Bertz CT molecular complexity index is 1270. The van der Waals surface area contributed by atoms with Gasteiger partial charge in [-0.3, -0.25) is 19.6 Å². The molecule has 1 aliphatic heterocycles. The SMILES string of the molecule is CCOCCOC(=O)CC1CN(Cc2ccncc2)CCN1Cc1ccc(-c2ccc(C(C)(O)C(F)(F)F)cc2)cc1. The number of hydrogen-bond acceptors (Lipinski definition) is 7. The quantitative estimate of drug-likeness (QED) is 0.232. The van der Waals surface area contributed by atoms with Crippen molar-refractivity contribution in [2.45, 2.75) is 51.2 Å². The van der Waals surface area contributed by atoms with E-state index in [9.17, 15) is 23.1 Å². The highest BCUT2D eigenvalue weighted by atomic mass is 19.4. The number of hydrogen-bond donors (Lipinski definition) is 1. The first kappa shape index (κ1) is 31.6. The normalized spacial score (nSPS) is 18.0. The highest BCUT2D eigenvalue weighted by molar-refractivity contribution is 5.70. The predicted molar refractivity (Wildman–Crippen MR) is 153 cm³/mol. The van der Waals surface area contributed by atoms with Crippen LogP contribution in [0, 0.1) is 0 Å². The van der Waals surface area contributed by atoms with Gasteiger partial charge in [0, 0.05) is 57.8 Å². The lowest BCUT2D eigenvalue weighted by molar-refractivity contribution is -0.258. The van der Waals surface area contributed by atoms with Crippen LogP contribution in [0.15, 0.2) is 73.1 Å². The molecule has 226 valence electrons. The fourth-order valence-electron chi connectivity index (χ4n) is 5.05. The molecule has 0 amide bonds. The Morgan fingerprint density at radius 2 is 1.55 bits per heavy atom. The first-order valence-electron chi connectivity index (χ1n) is 14.1. The molecule has 2 atom stereocenters. The van der Waals surface area contributed by atoms with Crippen molar-refractivity contribution in [3.05, 3.63) is 89.7 Å². The van der Waals surface area contributed by atoms with Crippen LogP contribution < -0.4 is 0 Å². The average molecular weight is 586 g/mol. The summed E-state index contributed by atoms with van der Waals surface area (Å²) in [5.74, 6) is -0.251. The van der Waals surface area contributed by atoms with Crippen molar-refractivity contribution in [3.63, 3.8) is 0 Å². The van der Waals surface area contributed by atoms with E-state index in [1.807, 2.05) is 43.3 Å². The van der Waals surface area contributed by atoms with Gasteiger partial charge in [0.05, 0.1) is 13.0 Å². The van der Waals surface area contributed by atoms with Crippen molar-refractivity contribution in [2.24, 2.45) is 0 Å². The molecule has 42 heavy (non-hydrogen) atoms. The van der Waals surface area contributed by atoms with E-state index in [1.54, 1.807) is 24.5 Å². The van der Waals surface area contributed by atoms with E-state index in [1.165, 1.54) is 17.7 Å². The van der Waals surface area contributed by atoms with Crippen molar-refractivity contribution in [1.82, 2.24) is 14.8 Å². The number of ether oxygens (including phenoxy) is 2. The van der Waals surface area contributed by atoms with Gasteiger partial charge in [-0.05, 0) is 53.8 Å². The molecule has 1 saturated heterocycles. The fraction of sp³-hybridized carbons (Fsp3) is 0.438. The molecule has 0 bridgehead atoms. The lowest BCUT2D eigenvalue weighted by atomic mass is 9.93. The summed E-state index contributed by atoms with van der Waals surface area (Å²) in [5, 5.41) is 9.94. The van der Waals surface area contributed by atoms with E-state index in [0.29, 0.717) is 19.8 Å². The van der Waals surface area contributed by atoms with Gasteiger partial charge >= 0.3 is 12.1 Å². The minimum absolute atomic E-state index is 0.0335. The van der Waals surface area contributed by atoms with Gasteiger partial charge in [-0.25, -0.2) is 0 Å². The zero-order chi connectivity index (χ0) is 30.2. The first-order valence-corrected chi connectivity index (χ1v) is 14.1. The van der Waals surface area contributed by atoms with Crippen molar-refractivity contribution < 1.29 is 32.5 Å². The molecule has 1 aromatic heterocycles. The van der Waals surface area contributed by atoms with Crippen LogP contribution in [0.2, 0.25) is 0 Å². The summed E-state index contributed by atoms with van der Waals surface area (Å²) in [5.41, 5.74) is 0.717. The predicted octanol–water partition coefficient (Wildman–Crippen LogP) is 5.17. The Labute approximate surface area is 244 Å². The van der Waals surface area contributed by atoms with Gasteiger partial charge in [0.1, 0.15) is 6.61 Å². The van der Waals surface area contributed by atoms with Gasteiger partial charge in [0.2, 0.25) is 0 Å². The molecule has 0 spiro atoms. The third-order valence-electron chi connectivity index (χ3n) is 7.61. The number of esters is 1. The molecule has 7 nitrogen and oxygen atoms in total. The Kier molecular flexibility index (Phi) is 10.7. The largest absolute Gasteiger partial charge is 0.463 e. The Balaban J connectivity index is 1.41. The van der Waals surface area contributed by atoms with Gasteiger partial charge in [0.25, 0.3) is 0 Å². The molecular weight excluding hydrogens is 547 g/mol. The number of nitrogens with zero attached hydrogens (tertiary/aromatic N) is 3. The molecule has 2 heterocycles. The third kappa shape index (κ3) is 8.38. The summed E-state index contributed by atoms with van der Waals surface area (Å²) in [6, 6.07) is 17.6. The topological polar surface area (TPSA) is 75.1 Å². The zero-order valence-corrected chi connectivity index (χ0v) is 24.0. The molecule has 2 unspecified atom stereocenters. The molecule has 1 aliphatic rings. The summed E-state index contributed by atoms with van der Waals surface area (Å²) < 4.78 is 50.3. The van der Waals surface area contributed by atoms with Gasteiger partial charge in [-0.15, -0.1) is 0 Å². The van der Waals surface area contributed by atoms with Gasteiger partial charge in [0.15, 0.2) is 5.60 Å². The van der Waals surface area contributed by atoms with E-state index in [4.69, 9.17) is 9.47 Å². The molecule has 0 saturated carbocycles. The highest BCUT2D eigenvalue weighted by Gasteiger charge is 2.51. The molecule has 3 aromatic rings. The number of aliphatic hydroxyl groups is 1. The lowest BCUT2D eigenvalue weighted by Crippen LogP contribution is -2.53. The van der Waals surface area contributed by atoms with E-state index >= 15 is 0 Å². The van der Waals surface area contributed by atoms with Gasteiger partial charge in [-0.1, -0.05) is 48.5 Å². The lowest BCUT2D eigenvalue weighted by Gasteiger charge is -2.41. The van der Waals surface area contributed by atoms with Crippen LogP contribution in [0.3, 0.4) is 0 Å². The standard InChI is InChI=1S/C32H38F3N3O4/c1-3-41-18-19-42-30(39)20-29-23-37(21-25-12-14-36-15-13-25)16-17-38(29)22-24-4-6-26(7-5-24)27-8-10-28(11-9-27)31(2,40)32(33,34)35/h4-15,29,40H,3,16-23H2,1-2H3. The highest BCUT2D eigenvalue weighted by Crippen LogP contribution is 2.39. The van der Waals surface area contributed by atoms with Crippen LogP contribution in [0.5, 0.6) is 0 Å². The maximum absolute atomic E-state index is 13.2. The Morgan fingerprint density at radius 3 is 2.17 bits per heavy atom. The number of carbonyl (C=O) groups is 1. The second kappa shape index (κ2) is 14.2. The fourth-order valence-corrected chi connectivity index (χ4v) is 5.05. The second-order valence-corrected chi connectivity index (χ2v) is 10.7. The van der Waals surface area contributed by atoms with Crippen molar-refractivity contribution >= 4 is 5.97 Å². The maximum atomic E-state index is 13.2. The number of benzene rings is 2. The minimum Gasteiger partial charge on any atom is -0.463 e. The van der Waals surface area contributed by atoms with Gasteiger partial charge < -0.3 is 14.6 Å². The van der Waals surface area contributed by atoms with Crippen molar-refractivity contribution in [1.29, 1.82) is 0 Å². The Morgan fingerprint density at radius 1 is 0.929 bits per heavy atom. The van der Waals surface area contributed by atoms with E-state index in [-0.39, 0.29) is 30.6 Å². The van der Waals surface area contributed by atoms with Gasteiger partial charge in [-0.2, -0.15) is 13.2 Å². The molecular formula is C32H38F3N3O4. The molecule has 1 N–H and O–H groups in total. The molecule has 1 fully saturated rings. The number of pyridine rings is 1. The van der Waals surface area contributed by atoms with Crippen LogP contribution in [-0.4, -0.2) is 77.5 Å². The summed E-state index contributed by atoms with van der Waals surface area (Å²) >= 11 is 0. The van der Waals surface area contributed by atoms with E-state index in [0.717, 1.165) is 49.8 Å². The summed E-state index contributed by atoms with van der Waals surface area (Å²) in [6.45, 7) is 7.60. The number of aromatic nitrogens is 1. The van der Waals surface area contributed by atoms with Crippen LogP contribution in [0.25, 0.3) is 11.1 Å². The van der Waals surface area contributed by atoms with Crippen molar-refractivity contribution in [3.8, 4) is 11.1 Å². The Hall–Kier alpha value is -3.31. The smallest absolute Gasteiger partial charge is 0.421 e. The summed E-state index contributed by atoms with van der Waals surface area (Å²) in [6.07, 6.45) is -0.935. The zero-order valence-electron chi connectivity index (χ0n) is 24.0. The average Bonchev–Trinajstić information content (AvgIpc) is 2.97. The number of piperazine rings is 1. The first-order chi connectivity index (χ1) is 20.1.